The molecule has 154 valence electrons. The van der Waals surface area contributed by atoms with Crippen LogP contribution < -0.4 is 9.47 Å². The summed E-state index contributed by atoms with van der Waals surface area (Å²) >= 11 is 0. The molecule has 0 aliphatic heterocycles. The van der Waals surface area contributed by atoms with Gasteiger partial charge in [-0.1, -0.05) is 50.3 Å². The van der Waals surface area contributed by atoms with Crippen LogP contribution in [0.5, 0.6) is 11.5 Å². The maximum atomic E-state index is 14.8. The lowest BCUT2D eigenvalue weighted by atomic mass is 9.79. The van der Waals surface area contributed by atoms with E-state index in [4.69, 9.17) is 9.47 Å². The van der Waals surface area contributed by atoms with E-state index in [1.807, 2.05) is 42.5 Å². The molecule has 0 saturated heterocycles. The second-order valence-electron chi connectivity index (χ2n) is 8.37. The number of allylic oxidation sites excluding steroid dienone is 2. The molecular weight excluding hydrogens is 375 g/mol. The molecule has 0 aromatic heterocycles. The predicted octanol–water partition coefficient (Wildman–Crippen LogP) is 7.28. The van der Waals surface area contributed by atoms with Crippen LogP contribution in [0.2, 0.25) is 0 Å². The summed E-state index contributed by atoms with van der Waals surface area (Å²) in [6.45, 7) is 4.97. The monoisotopic (exact) mass is 402 g/mol. The molecule has 0 bridgehead atoms. The Hall–Kier alpha value is -3.07. The third-order valence-electron chi connectivity index (χ3n) is 5.83. The van der Waals surface area contributed by atoms with Gasteiger partial charge in [-0.15, -0.1) is 0 Å². The van der Waals surface area contributed by atoms with E-state index in [1.54, 1.807) is 19.2 Å². The third-order valence-corrected chi connectivity index (χ3v) is 5.83. The van der Waals surface area contributed by atoms with Gasteiger partial charge in [-0.3, -0.25) is 0 Å². The fourth-order valence-electron chi connectivity index (χ4n) is 4.12. The van der Waals surface area contributed by atoms with Gasteiger partial charge in [0.1, 0.15) is 23.9 Å². The third kappa shape index (κ3) is 4.11. The van der Waals surface area contributed by atoms with Crippen molar-refractivity contribution in [1.29, 1.82) is 0 Å². The summed E-state index contributed by atoms with van der Waals surface area (Å²) in [7, 11) is 1.60. The van der Waals surface area contributed by atoms with Crippen LogP contribution in [0.3, 0.4) is 0 Å². The number of methoxy groups -OCH3 is 1. The minimum absolute atomic E-state index is 0.0446. The minimum Gasteiger partial charge on any atom is -0.497 e. The smallest absolute Gasteiger partial charge is 0.131 e. The van der Waals surface area contributed by atoms with Crippen molar-refractivity contribution in [2.45, 2.75) is 33.3 Å². The summed E-state index contributed by atoms with van der Waals surface area (Å²) in [6, 6.07) is 20.9. The van der Waals surface area contributed by atoms with Gasteiger partial charge >= 0.3 is 0 Å². The highest BCUT2D eigenvalue weighted by atomic mass is 19.1. The van der Waals surface area contributed by atoms with E-state index in [0.29, 0.717) is 17.9 Å². The fourth-order valence-corrected chi connectivity index (χ4v) is 4.12. The van der Waals surface area contributed by atoms with Gasteiger partial charge in [-0.25, -0.2) is 4.39 Å². The second kappa shape index (κ2) is 8.35. The molecule has 3 aromatic rings. The summed E-state index contributed by atoms with van der Waals surface area (Å²) in [6.07, 6.45) is 4.42. The van der Waals surface area contributed by atoms with E-state index < -0.39 is 0 Å². The van der Waals surface area contributed by atoms with Crippen LogP contribution in [0.25, 0.3) is 16.7 Å². The molecule has 3 heteroatoms. The Morgan fingerprint density at radius 2 is 1.67 bits per heavy atom. The SMILES string of the molecule is COc1ccc(F)c(-c2ccc(COc3ccccc3)cc2C2=CCCC2(C)C)c1. The van der Waals surface area contributed by atoms with E-state index >= 15 is 0 Å². The average Bonchev–Trinajstić information content (AvgIpc) is 3.12. The summed E-state index contributed by atoms with van der Waals surface area (Å²) < 4.78 is 26.1. The Balaban J connectivity index is 1.77. The van der Waals surface area contributed by atoms with E-state index in [0.717, 1.165) is 35.3 Å². The van der Waals surface area contributed by atoms with Crippen LogP contribution in [0.4, 0.5) is 4.39 Å². The molecule has 2 nitrogen and oxygen atoms in total. The maximum Gasteiger partial charge on any atom is 0.131 e. The molecule has 0 spiro atoms. The highest BCUT2D eigenvalue weighted by Crippen LogP contribution is 2.47. The van der Waals surface area contributed by atoms with Crippen LogP contribution >= 0.6 is 0 Å². The summed E-state index contributed by atoms with van der Waals surface area (Å²) in [5, 5.41) is 0. The largest absolute Gasteiger partial charge is 0.497 e. The molecular formula is C27H27FO2. The van der Waals surface area contributed by atoms with Gasteiger partial charge in [0.2, 0.25) is 0 Å². The van der Waals surface area contributed by atoms with Gasteiger partial charge in [-0.05, 0) is 76.9 Å². The van der Waals surface area contributed by atoms with Crippen LogP contribution in [0.1, 0.15) is 37.8 Å². The number of rotatable bonds is 6. The number of halogens is 1. The van der Waals surface area contributed by atoms with Crippen molar-refractivity contribution in [1.82, 2.24) is 0 Å². The quantitative estimate of drug-likeness (QED) is 0.431. The molecule has 0 heterocycles. The normalized spacial score (nSPS) is 15.0. The number of ether oxygens (including phenoxy) is 2. The van der Waals surface area contributed by atoms with Crippen LogP contribution in [0, 0.1) is 11.2 Å². The first-order chi connectivity index (χ1) is 14.5. The minimum atomic E-state index is -0.248. The molecule has 0 fully saturated rings. The Labute approximate surface area is 178 Å². The van der Waals surface area contributed by atoms with Crippen molar-refractivity contribution in [2.24, 2.45) is 5.41 Å². The van der Waals surface area contributed by atoms with Gasteiger partial charge in [0.05, 0.1) is 7.11 Å². The Morgan fingerprint density at radius 3 is 2.37 bits per heavy atom. The van der Waals surface area contributed by atoms with E-state index in [1.165, 1.54) is 11.6 Å². The summed E-state index contributed by atoms with van der Waals surface area (Å²) in [5.74, 6) is 1.23. The topological polar surface area (TPSA) is 18.5 Å². The van der Waals surface area contributed by atoms with Crippen molar-refractivity contribution in [2.75, 3.05) is 7.11 Å². The standard InChI is InChI=1S/C27H27FO2/c1-27(2)15-7-10-25(27)23-16-19(18-30-20-8-5-4-6-9-20)11-13-22(23)24-17-21(29-3)12-14-26(24)28/h4-6,8-14,16-17H,7,15,18H2,1-3H3. The molecule has 1 aliphatic carbocycles. The van der Waals surface area contributed by atoms with Gasteiger partial charge in [0, 0.05) is 5.56 Å². The van der Waals surface area contributed by atoms with Crippen molar-refractivity contribution < 1.29 is 13.9 Å². The van der Waals surface area contributed by atoms with Gasteiger partial charge < -0.3 is 9.47 Å². The number of hydrogen-bond donors (Lipinski definition) is 0. The molecule has 3 aromatic carbocycles. The zero-order valence-electron chi connectivity index (χ0n) is 17.7. The Bertz CT molecular complexity index is 1070. The lowest BCUT2D eigenvalue weighted by Crippen LogP contribution is -2.10. The molecule has 0 atom stereocenters. The van der Waals surface area contributed by atoms with Crippen molar-refractivity contribution in [3.05, 3.63) is 89.8 Å². The highest BCUT2D eigenvalue weighted by Gasteiger charge is 2.30. The molecule has 30 heavy (non-hydrogen) atoms. The fraction of sp³-hybridized carbons (Fsp3) is 0.259. The number of para-hydroxylation sites is 1. The lowest BCUT2D eigenvalue weighted by molar-refractivity contribution is 0.306. The second-order valence-corrected chi connectivity index (χ2v) is 8.37. The molecule has 0 amide bonds. The van der Waals surface area contributed by atoms with Gasteiger partial charge in [0.25, 0.3) is 0 Å². The van der Waals surface area contributed by atoms with Crippen molar-refractivity contribution in [3.63, 3.8) is 0 Å². The first kappa shape index (κ1) is 20.2. The zero-order valence-corrected chi connectivity index (χ0v) is 17.7. The molecule has 0 saturated carbocycles. The van der Waals surface area contributed by atoms with Crippen molar-refractivity contribution in [3.8, 4) is 22.6 Å². The Kier molecular flexibility index (Phi) is 5.63. The van der Waals surface area contributed by atoms with E-state index in [-0.39, 0.29) is 11.2 Å². The zero-order chi connectivity index (χ0) is 21.1. The van der Waals surface area contributed by atoms with E-state index in [2.05, 4.69) is 26.0 Å². The number of hydrogen-bond acceptors (Lipinski definition) is 2. The molecule has 1 aliphatic rings. The first-order valence-electron chi connectivity index (χ1n) is 10.3. The first-order valence-corrected chi connectivity index (χ1v) is 10.3. The van der Waals surface area contributed by atoms with Gasteiger partial charge in [0.15, 0.2) is 0 Å². The van der Waals surface area contributed by atoms with Gasteiger partial charge in [-0.2, -0.15) is 0 Å². The van der Waals surface area contributed by atoms with E-state index in [9.17, 15) is 4.39 Å². The molecule has 0 N–H and O–H groups in total. The van der Waals surface area contributed by atoms with Crippen LogP contribution in [0.15, 0.2) is 72.8 Å². The maximum absolute atomic E-state index is 14.8. The predicted molar refractivity (Wildman–Crippen MR) is 120 cm³/mol. The molecule has 4 rings (SSSR count). The van der Waals surface area contributed by atoms with Crippen molar-refractivity contribution >= 4 is 5.57 Å². The summed E-state index contributed by atoms with van der Waals surface area (Å²) in [5.41, 5.74) is 4.88. The van der Waals surface area contributed by atoms with Crippen LogP contribution in [-0.2, 0) is 6.61 Å². The lowest BCUT2D eigenvalue weighted by Gasteiger charge is -2.25. The highest BCUT2D eigenvalue weighted by molar-refractivity contribution is 5.85. The molecule has 0 radical (unpaired) electrons. The summed E-state index contributed by atoms with van der Waals surface area (Å²) in [4.78, 5) is 0. The number of benzene rings is 3. The van der Waals surface area contributed by atoms with Crippen LogP contribution in [-0.4, -0.2) is 7.11 Å². The molecule has 0 unspecified atom stereocenters. The Morgan fingerprint density at radius 1 is 0.867 bits per heavy atom. The average molecular weight is 403 g/mol.